The van der Waals surface area contributed by atoms with Crippen molar-refractivity contribution in [3.8, 4) is 0 Å². The van der Waals surface area contributed by atoms with Gasteiger partial charge < -0.3 is 20.4 Å². The number of oxazole rings is 1. The second kappa shape index (κ2) is 5.60. The number of carbonyl (C=O) groups is 1. The lowest BCUT2D eigenvalue weighted by atomic mass is 10.3. The van der Waals surface area contributed by atoms with E-state index in [1.807, 2.05) is 19.1 Å². The molecule has 0 bridgehead atoms. The predicted octanol–water partition coefficient (Wildman–Crippen LogP) is 1.37. The van der Waals surface area contributed by atoms with E-state index >= 15 is 0 Å². The van der Waals surface area contributed by atoms with Crippen molar-refractivity contribution < 1.29 is 9.21 Å². The van der Waals surface area contributed by atoms with Crippen molar-refractivity contribution >= 4 is 28.7 Å². The third kappa shape index (κ3) is 2.78. The molecule has 0 spiro atoms. The molecule has 0 unspecified atom stereocenters. The minimum absolute atomic E-state index is 0.0799. The molecular weight excluding hydrogens is 244 g/mol. The fraction of sp³-hybridized carbons (Fsp3) is 0.385. The van der Waals surface area contributed by atoms with Gasteiger partial charge in [0.15, 0.2) is 5.58 Å². The Labute approximate surface area is 111 Å². The van der Waals surface area contributed by atoms with Gasteiger partial charge in [-0.15, -0.1) is 0 Å². The molecule has 0 aliphatic carbocycles. The standard InChI is InChI=1S/C13H18N4O2/c1-3-7-17(8-11(18)15-2)13-16-12-9(14)5-4-6-10(12)19-13/h4-6H,3,7-8,14H2,1-2H3,(H,15,18). The van der Waals surface area contributed by atoms with Crippen molar-refractivity contribution in [2.75, 3.05) is 30.8 Å². The summed E-state index contributed by atoms with van der Waals surface area (Å²) >= 11 is 0. The molecule has 1 heterocycles. The summed E-state index contributed by atoms with van der Waals surface area (Å²) in [5.74, 6) is -0.0799. The molecule has 6 nitrogen and oxygen atoms in total. The average Bonchev–Trinajstić information content (AvgIpc) is 2.83. The van der Waals surface area contributed by atoms with Crippen LogP contribution in [0.15, 0.2) is 22.6 Å². The number of nitrogens with two attached hydrogens (primary N) is 1. The normalized spacial score (nSPS) is 10.6. The minimum atomic E-state index is -0.0799. The molecule has 1 aromatic heterocycles. The number of nitrogen functional groups attached to an aromatic ring is 1. The number of amides is 1. The van der Waals surface area contributed by atoms with Crippen molar-refractivity contribution in [2.45, 2.75) is 13.3 Å². The van der Waals surface area contributed by atoms with Crippen molar-refractivity contribution in [1.29, 1.82) is 0 Å². The van der Waals surface area contributed by atoms with Crippen LogP contribution in [0.1, 0.15) is 13.3 Å². The number of nitrogens with zero attached hydrogens (tertiary/aromatic N) is 2. The average molecular weight is 262 g/mol. The second-order valence-corrected chi connectivity index (χ2v) is 4.29. The maximum absolute atomic E-state index is 11.5. The SMILES string of the molecule is CCCN(CC(=O)NC)c1nc2c(N)cccc2o1. The Morgan fingerprint density at radius 3 is 2.95 bits per heavy atom. The summed E-state index contributed by atoms with van der Waals surface area (Å²) in [6.07, 6.45) is 0.894. The highest BCUT2D eigenvalue weighted by Crippen LogP contribution is 2.25. The van der Waals surface area contributed by atoms with Crippen molar-refractivity contribution in [2.24, 2.45) is 0 Å². The first kappa shape index (κ1) is 13.2. The van der Waals surface area contributed by atoms with Crippen molar-refractivity contribution in [3.63, 3.8) is 0 Å². The molecule has 0 fully saturated rings. The number of likely N-dealkylation sites (N-methyl/N-ethyl adjacent to an activating group) is 1. The van der Waals surface area contributed by atoms with Gasteiger partial charge in [-0.05, 0) is 18.6 Å². The largest absolute Gasteiger partial charge is 0.423 e. The fourth-order valence-corrected chi connectivity index (χ4v) is 1.86. The number of para-hydroxylation sites is 1. The first-order valence-corrected chi connectivity index (χ1v) is 6.26. The summed E-state index contributed by atoms with van der Waals surface area (Å²) in [7, 11) is 1.61. The van der Waals surface area contributed by atoms with E-state index in [4.69, 9.17) is 10.2 Å². The van der Waals surface area contributed by atoms with E-state index in [0.717, 1.165) is 6.42 Å². The van der Waals surface area contributed by atoms with Crippen LogP contribution in [0, 0.1) is 0 Å². The molecule has 0 saturated carbocycles. The highest BCUT2D eigenvalue weighted by molar-refractivity contribution is 5.87. The molecule has 0 radical (unpaired) electrons. The van der Waals surface area contributed by atoms with Gasteiger partial charge in [0.1, 0.15) is 12.1 Å². The van der Waals surface area contributed by atoms with E-state index in [1.165, 1.54) is 0 Å². The van der Waals surface area contributed by atoms with Crippen LogP contribution in [0.25, 0.3) is 11.1 Å². The summed E-state index contributed by atoms with van der Waals surface area (Å²) in [5.41, 5.74) is 7.69. The van der Waals surface area contributed by atoms with Gasteiger partial charge in [-0.1, -0.05) is 13.0 Å². The number of rotatable bonds is 5. The molecular formula is C13H18N4O2. The Hall–Kier alpha value is -2.24. The van der Waals surface area contributed by atoms with E-state index in [0.29, 0.717) is 29.3 Å². The van der Waals surface area contributed by atoms with Crippen LogP contribution in [-0.4, -0.2) is 31.0 Å². The molecule has 0 aliphatic heterocycles. The Morgan fingerprint density at radius 1 is 1.53 bits per heavy atom. The van der Waals surface area contributed by atoms with Gasteiger partial charge in [0.05, 0.1) is 5.69 Å². The first-order chi connectivity index (χ1) is 9.15. The van der Waals surface area contributed by atoms with Crippen LogP contribution in [0.4, 0.5) is 11.7 Å². The number of anilines is 2. The van der Waals surface area contributed by atoms with Gasteiger partial charge in [0, 0.05) is 13.6 Å². The van der Waals surface area contributed by atoms with E-state index in [9.17, 15) is 4.79 Å². The number of aromatic nitrogens is 1. The number of benzene rings is 1. The minimum Gasteiger partial charge on any atom is -0.423 e. The van der Waals surface area contributed by atoms with Crippen LogP contribution in [0.3, 0.4) is 0 Å². The molecule has 2 rings (SSSR count). The fourth-order valence-electron chi connectivity index (χ4n) is 1.86. The summed E-state index contributed by atoms with van der Waals surface area (Å²) in [6, 6.07) is 5.83. The lowest BCUT2D eigenvalue weighted by Crippen LogP contribution is -2.36. The third-order valence-corrected chi connectivity index (χ3v) is 2.82. The van der Waals surface area contributed by atoms with Crippen LogP contribution >= 0.6 is 0 Å². The smallest absolute Gasteiger partial charge is 0.298 e. The Kier molecular flexibility index (Phi) is 3.89. The zero-order valence-corrected chi connectivity index (χ0v) is 11.1. The number of hydrogen-bond acceptors (Lipinski definition) is 5. The first-order valence-electron chi connectivity index (χ1n) is 6.26. The highest BCUT2D eigenvalue weighted by Gasteiger charge is 2.16. The predicted molar refractivity (Wildman–Crippen MR) is 75.0 cm³/mol. The maximum atomic E-state index is 11.5. The Balaban J connectivity index is 2.33. The number of nitrogens with one attached hydrogen (secondary N) is 1. The Morgan fingerprint density at radius 2 is 2.32 bits per heavy atom. The number of carbonyl (C=O) groups excluding carboxylic acids is 1. The van der Waals surface area contributed by atoms with Crippen LogP contribution in [0.5, 0.6) is 0 Å². The quantitative estimate of drug-likeness (QED) is 0.795. The van der Waals surface area contributed by atoms with Gasteiger partial charge >= 0.3 is 0 Å². The zero-order chi connectivity index (χ0) is 13.8. The molecule has 2 aromatic rings. The van der Waals surface area contributed by atoms with Gasteiger partial charge in [-0.3, -0.25) is 4.79 Å². The summed E-state index contributed by atoms with van der Waals surface area (Å²) in [6.45, 7) is 2.95. The van der Waals surface area contributed by atoms with E-state index in [2.05, 4.69) is 10.3 Å². The topological polar surface area (TPSA) is 84.4 Å². The Bertz CT molecular complexity index is 579. The summed E-state index contributed by atoms with van der Waals surface area (Å²) in [4.78, 5) is 17.7. The molecule has 0 aliphatic rings. The number of fused-ring (bicyclic) bond motifs is 1. The second-order valence-electron chi connectivity index (χ2n) is 4.29. The number of hydrogen-bond donors (Lipinski definition) is 2. The maximum Gasteiger partial charge on any atom is 0.298 e. The summed E-state index contributed by atoms with van der Waals surface area (Å²) < 4.78 is 5.66. The molecule has 3 N–H and O–H groups in total. The van der Waals surface area contributed by atoms with Gasteiger partial charge in [0.2, 0.25) is 5.91 Å². The molecule has 1 aromatic carbocycles. The van der Waals surface area contributed by atoms with E-state index < -0.39 is 0 Å². The van der Waals surface area contributed by atoms with Gasteiger partial charge in [-0.2, -0.15) is 4.98 Å². The molecule has 1 amide bonds. The molecule has 6 heteroatoms. The van der Waals surface area contributed by atoms with Crippen molar-refractivity contribution in [3.05, 3.63) is 18.2 Å². The van der Waals surface area contributed by atoms with Crippen molar-refractivity contribution in [1.82, 2.24) is 10.3 Å². The van der Waals surface area contributed by atoms with E-state index in [-0.39, 0.29) is 12.5 Å². The van der Waals surface area contributed by atoms with Crippen LogP contribution in [0.2, 0.25) is 0 Å². The zero-order valence-electron chi connectivity index (χ0n) is 11.1. The lowest BCUT2D eigenvalue weighted by Gasteiger charge is -2.18. The van der Waals surface area contributed by atoms with Crippen LogP contribution in [-0.2, 0) is 4.79 Å². The monoisotopic (exact) mass is 262 g/mol. The molecule has 102 valence electrons. The third-order valence-electron chi connectivity index (χ3n) is 2.82. The van der Waals surface area contributed by atoms with E-state index in [1.54, 1.807) is 18.0 Å². The van der Waals surface area contributed by atoms with Gasteiger partial charge in [-0.25, -0.2) is 0 Å². The molecule has 0 atom stereocenters. The highest BCUT2D eigenvalue weighted by atomic mass is 16.4. The van der Waals surface area contributed by atoms with Crippen LogP contribution < -0.4 is 16.0 Å². The lowest BCUT2D eigenvalue weighted by molar-refractivity contribution is -0.119. The molecule has 0 saturated heterocycles. The molecule has 19 heavy (non-hydrogen) atoms. The summed E-state index contributed by atoms with van der Waals surface area (Å²) in [5, 5.41) is 2.59. The van der Waals surface area contributed by atoms with Gasteiger partial charge in [0.25, 0.3) is 6.01 Å².